The van der Waals surface area contributed by atoms with Crippen molar-refractivity contribution >= 4 is 0 Å². The van der Waals surface area contributed by atoms with Gasteiger partial charge in [-0.05, 0) is 30.6 Å². The molecular formula is C16H19F. The highest BCUT2D eigenvalue weighted by atomic mass is 19.1. The Labute approximate surface area is 104 Å². The van der Waals surface area contributed by atoms with Gasteiger partial charge in [-0.2, -0.15) is 0 Å². The van der Waals surface area contributed by atoms with Crippen LogP contribution in [0.25, 0.3) is 0 Å². The minimum atomic E-state index is -0.576. The molecule has 90 valence electrons. The normalized spacial score (nSPS) is 9.82. The van der Waals surface area contributed by atoms with Gasteiger partial charge in [0.15, 0.2) is 0 Å². The molecule has 0 aliphatic rings. The van der Waals surface area contributed by atoms with Crippen LogP contribution in [0.3, 0.4) is 0 Å². The predicted octanol–water partition coefficient (Wildman–Crippen LogP) is 5.22. The lowest BCUT2D eigenvalue weighted by molar-refractivity contribution is 0.660. The molecule has 0 amide bonds. The van der Waals surface area contributed by atoms with Gasteiger partial charge in [-0.15, -0.1) is 0 Å². The molecule has 0 aliphatic heterocycles. The fourth-order valence-electron chi connectivity index (χ4n) is 1.02. The quantitative estimate of drug-likeness (QED) is 0.549. The van der Waals surface area contributed by atoms with E-state index in [0.29, 0.717) is 5.57 Å². The Morgan fingerprint density at radius 3 is 1.71 bits per heavy atom. The summed E-state index contributed by atoms with van der Waals surface area (Å²) in [5, 5.41) is 0. The topological polar surface area (TPSA) is 0 Å². The fourth-order valence-corrected chi connectivity index (χ4v) is 1.02. The molecule has 0 saturated carbocycles. The van der Waals surface area contributed by atoms with Gasteiger partial charge in [-0.25, -0.2) is 4.39 Å². The second-order valence-electron chi connectivity index (χ2n) is 4.01. The van der Waals surface area contributed by atoms with E-state index in [0.717, 1.165) is 16.7 Å². The Morgan fingerprint density at radius 2 is 1.29 bits per heavy atom. The van der Waals surface area contributed by atoms with Crippen LogP contribution in [-0.4, -0.2) is 0 Å². The lowest BCUT2D eigenvalue weighted by Gasteiger charge is -2.03. The van der Waals surface area contributed by atoms with Crippen LogP contribution in [0.5, 0.6) is 0 Å². The van der Waals surface area contributed by atoms with Crippen molar-refractivity contribution in [2.24, 2.45) is 0 Å². The lowest BCUT2D eigenvalue weighted by Crippen LogP contribution is -1.84. The lowest BCUT2D eigenvalue weighted by atomic mass is 10.0. The van der Waals surface area contributed by atoms with Gasteiger partial charge in [0.25, 0.3) is 0 Å². The van der Waals surface area contributed by atoms with Crippen molar-refractivity contribution in [1.82, 2.24) is 0 Å². The molecule has 0 heterocycles. The van der Waals surface area contributed by atoms with E-state index in [1.54, 1.807) is 12.2 Å². The predicted molar refractivity (Wildman–Crippen MR) is 75.4 cm³/mol. The fraction of sp³-hybridized carbons (Fsp3) is 0.125. The standard InChI is InChI=1S/C16H19F/c1-11(2)10-14(5)12(3)8-9-13(4)15(6)16(7)17/h8-10H,3-7H2,1-2H3/b9-8-. The van der Waals surface area contributed by atoms with Gasteiger partial charge >= 0.3 is 0 Å². The van der Waals surface area contributed by atoms with Gasteiger partial charge in [0.05, 0.1) is 0 Å². The van der Waals surface area contributed by atoms with Gasteiger partial charge in [0.1, 0.15) is 5.83 Å². The van der Waals surface area contributed by atoms with Crippen molar-refractivity contribution in [1.29, 1.82) is 0 Å². The molecule has 17 heavy (non-hydrogen) atoms. The van der Waals surface area contributed by atoms with Crippen LogP contribution in [0, 0.1) is 0 Å². The molecule has 0 spiro atoms. The first kappa shape index (κ1) is 15.1. The minimum Gasteiger partial charge on any atom is -0.207 e. The maximum absolute atomic E-state index is 12.8. The van der Waals surface area contributed by atoms with Gasteiger partial charge in [-0.1, -0.05) is 56.7 Å². The molecule has 0 aliphatic carbocycles. The van der Waals surface area contributed by atoms with Crippen LogP contribution < -0.4 is 0 Å². The molecule has 0 fully saturated rings. The highest BCUT2D eigenvalue weighted by Crippen LogP contribution is 2.18. The van der Waals surface area contributed by atoms with Crippen LogP contribution in [0.15, 0.2) is 84.8 Å². The maximum atomic E-state index is 12.8. The third-order valence-corrected chi connectivity index (χ3v) is 2.08. The summed E-state index contributed by atoms with van der Waals surface area (Å²) in [6, 6.07) is 0. The Bertz CT molecular complexity index is 438. The number of allylic oxidation sites excluding steroid dienone is 9. The molecule has 0 N–H and O–H groups in total. The smallest absolute Gasteiger partial charge is 0.123 e. The van der Waals surface area contributed by atoms with Crippen LogP contribution in [-0.2, 0) is 0 Å². The molecule has 0 unspecified atom stereocenters. The summed E-state index contributed by atoms with van der Waals surface area (Å²) in [5.74, 6) is -0.576. The van der Waals surface area contributed by atoms with E-state index < -0.39 is 5.83 Å². The maximum Gasteiger partial charge on any atom is 0.123 e. The number of halogens is 1. The molecule has 0 atom stereocenters. The average molecular weight is 230 g/mol. The summed E-state index contributed by atoms with van der Waals surface area (Å²) < 4.78 is 12.8. The monoisotopic (exact) mass is 230 g/mol. The summed E-state index contributed by atoms with van der Waals surface area (Å²) in [4.78, 5) is 0. The second-order valence-corrected chi connectivity index (χ2v) is 4.01. The van der Waals surface area contributed by atoms with Crippen LogP contribution in [0.1, 0.15) is 13.8 Å². The molecule has 0 rings (SSSR count). The van der Waals surface area contributed by atoms with E-state index in [2.05, 4.69) is 32.9 Å². The summed E-state index contributed by atoms with van der Waals surface area (Å²) in [7, 11) is 0. The molecule has 0 radical (unpaired) electrons. The van der Waals surface area contributed by atoms with E-state index in [1.807, 2.05) is 19.9 Å². The largest absolute Gasteiger partial charge is 0.207 e. The summed E-state index contributed by atoms with van der Waals surface area (Å²) >= 11 is 0. The number of hydrogen-bond acceptors (Lipinski definition) is 0. The van der Waals surface area contributed by atoms with Gasteiger partial charge < -0.3 is 0 Å². The molecule has 1 heteroatoms. The van der Waals surface area contributed by atoms with Crippen molar-refractivity contribution in [3.8, 4) is 0 Å². The minimum absolute atomic E-state index is 0.196. The molecule has 0 saturated heterocycles. The van der Waals surface area contributed by atoms with Crippen molar-refractivity contribution in [2.75, 3.05) is 0 Å². The third-order valence-electron chi connectivity index (χ3n) is 2.08. The third kappa shape index (κ3) is 5.67. The summed E-state index contributed by atoms with van der Waals surface area (Å²) in [6.07, 6.45) is 5.32. The molecule has 0 bridgehead atoms. The van der Waals surface area contributed by atoms with Gasteiger partial charge in [0.2, 0.25) is 0 Å². The van der Waals surface area contributed by atoms with E-state index >= 15 is 0 Å². The highest BCUT2D eigenvalue weighted by Gasteiger charge is 2.00. The summed E-state index contributed by atoms with van der Waals surface area (Å²) in [5.41, 5.74) is 3.39. The molecule has 0 aromatic heterocycles. The van der Waals surface area contributed by atoms with Crippen LogP contribution in [0.2, 0.25) is 0 Å². The zero-order valence-electron chi connectivity index (χ0n) is 10.6. The number of rotatable bonds is 6. The van der Waals surface area contributed by atoms with Crippen molar-refractivity contribution < 1.29 is 4.39 Å². The van der Waals surface area contributed by atoms with Crippen molar-refractivity contribution in [3.63, 3.8) is 0 Å². The van der Waals surface area contributed by atoms with Crippen LogP contribution >= 0.6 is 0 Å². The molecule has 0 aromatic rings. The van der Waals surface area contributed by atoms with E-state index in [4.69, 9.17) is 0 Å². The van der Waals surface area contributed by atoms with E-state index in [-0.39, 0.29) is 5.57 Å². The zero-order valence-corrected chi connectivity index (χ0v) is 10.6. The Morgan fingerprint density at radius 1 is 0.824 bits per heavy atom. The Kier molecular flexibility index (Phi) is 5.90. The molecular weight excluding hydrogens is 211 g/mol. The van der Waals surface area contributed by atoms with Gasteiger partial charge in [0, 0.05) is 5.57 Å². The first-order chi connectivity index (χ1) is 7.75. The highest BCUT2D eigenvalue weighted by molar-refractivity contribution is 5.50. The van der Waals surface area contributed by atoms with Crippen molar-refractivity contribution in [2.45, 2.75) is 13.8 Å². The van der Waals surface area contributed by atoms with Crippen LogP contribution in [0.4, 0.5) is 4.39 Å². The van der Waals surface area contributed by atoms with Gasteiger partial charge in [-0.3, -0.25) is 0 Å². The second kappa shape index (κ2) is 6.64. The Balaban J connectivity index is 4.66. The molecule has 0 nitrogen and oxygen atoms in total. The molecule has 0 aromatic carbocycles. The van der Waals surface area contributed by atoms with E-state index in [1.165, 1.54) is 0 Å². The summed E-state index contributed by atoms with van der Waals surface area (Å²) in [6.45, 7) is 22.1. The van der Waals surface area contributed by atoms with E-state index in [9.17, 15) is 4.39 Å². The first-order valence-corrected chi connectivity index (χ1v) is 5.19. The number of hydrogen-bond donors (Lipinski definition) is 0. The SMILES string of the molecule is C=C(F)C(=C)C(=C)/C=C\C(=C)C(=C)C=C(C)C. The zero-order chi connectivity index (χ0) is 13.6. The first-order valence-electron chi connectivity index (χ1n) is 5.19. The Hall–Kier alpha value is -1.89. The average Bonchev–Trinajstić information content (AvgIpc) is 2.22. The van der Waals surface area contributed by atoms with Crippen molar-refractivity contribution in [3.05, 3.63) is 84.8 Å².